The molecule has 0 heterocycles. The van der Waals surface area contributed by atoms with Crippen molar-refractivity contribution in [1.29, 1.82) is 5.26 Å². The zero-order valence-corrected chi connectivity index (χ0v) is 7.62. The Bertz CT molecular complexity index is 257. The van der Waals surface area contributed by atoms with Gasteiger partial charge in [0.25, 0.3) is 5.91 Å². The third kappa shape index (κ3) is 2.90. The molecule has 0 bridgehead atoms. The van der Waals surface area contributed by atoms with E-state index >= 15 is 0 Å². The van der Waals surface area contributed by atoms with Crippen LogP contribution in [0.3, 0.4) is 0 Å². The molecule has 1 aliphatic rings. The second-order valence-electron chi connectivity index (χ2n) is 3.45. The van der Waals surface area contributed by atoms with Gasteiger partial charge in [-0.25, -0.2) is 0 Å². The summed E-state index contributed by atoms with van der Waals surface area (Å²) in [5.41, 5.74) is 5.15. The van der Waals surface area contributed by atoms with Crippen LogP contribution in [0.15, 0.2) is 11.6 Å². The van der Waals surface area contributed by atoms with Gasteiger partial charge >= 0.3 is 0 Å². The molecule has 1 rings (SSSR count). The molecule has 1 fully saturated rings. The van der Waals surface area contributed by atoms with E-state index in [0.29, 0.717) is 5.92 Å². The molecular formula is C10H14N2O. The number of nitrogens with zero attached hydrogens (tertiary/aromatic N) is 1. The highest BCUT2D eigenvalue weighted by molar-refractivity contribution is 5.95. The lowest BCUT2D eigenvalue weighted by Gasteiger charge is -2.17. The SMILES string of the molecule is N#CC(=CC1CCCCC1)C(N)=O. The van der Waals surface area contributed by atoms with E-state index in [1.165, 1.54) is 19.3 Å². The normalized spacial score (nSPS) is 19.5. The Morgan fingerprint density at radius 2 is 2.00 bits per heavy atom. The lowest BCUT2D eigenvalue weighted by molar-refractivity contribution is -0.114. The minimum absolute atomic E-state index is 0.118. The zero-order valence-electron chi connectivity index (χ0n) is 7.62. The minimum atomic E-state index is -0.604. The molecule has 3 nitrogen and oxygen atoms in total. The summed E-state index contributed by atoms with van der Waals surface area (Å²) >= 11 is 0. The van der Waals surface area contributed by atoms with Crippen molar-refractivity contribution in [3.8, 4) is 6.07 Å². The average Bonchev–Trinajstić information content (AvgIpc) is 2.15. The van der Waals surface area contributed by atoms with Gasteiger partial charge in [-0.15, -0.1) is 0 Å². The average molecular weight is 178 g/mol. The summed E-state index contributed by atoms with van der Waals surface area (Å²) in [7, 11) is 0. The first-order valence-electron chi connectivity index (χ1n) is 4.65. The Morgan fingerprint density at radius 3 is 2.46 bits per heavy atom. The summed E-state index contributed by atoms with van der Waals surface area (Å²) in [6.45, 7) is 0. The number of rotatable bonds is 2. The Labute approximate surface area is 78.2 Å². The quantitative estimate of drug-likeness (QED) is 0.514. The largest absolute Gasteiger partial charge is 0.365 e. The number of allylic oxidation sites excluding steroid dienone is 1. The van der Waals surface area contributed by atoms with Crippen molar-refractivity contribution in [3.63, 3.8) is 0 Å². The molecule has 0 spiro atoms. The van der Waals surface area contributed by atoms with E-state index in [2.05, 4.69) is 0 Å². The number of nitriles is 1. The third-order valence-corrected chi connectivity index (χ3v) is 2.44. The highest BCUT2D eigenvalue weighted by Gasteiger charge is 2.13. The summed E-state index contributed by atoms with van der Waals surface area (Å²) in [5.74, 6) is -0.219. The van der Waals surface area contributed by atoms with Crippen LogP contribution in [0.1, 0.15) is 32.1 Å². The van der Waals surface area contributed by atoms with E-state index in [4.69, 9.17) is 11.0 Å². The van der Waals surface area contributed by atoms with Crippen molar-refractivity contribution in [2.75, 3.05) is 0 Å². The maximum Gasteiger partial charge on any atom is 0.259 e. The second-order valence-corrected chi connectivity index (χ2v) is 3.45. The van der Waals surface area contributed by atoms with Gasteiger partial charge in [0.05, 0.1) is 0 Å². The Kier molecular flexibility index (Phi) is 3.51. The number of hydrogen-bond acceptors (Lipinski definition) is 2. The molecule has 0 radical (unpaired) electrons. The van der Waals surface area contributed by atoms with Crippen molar-refractivity contribution in [2.45, 2.75) is 32.1 Å². The van der Waals surface area contributed by atoms with Crippen LogP contribution in [-0.4, -0.2) is 5.91 Å². The van der Waals surface area contributed by atoms with Crippen LogP contribution in [0.2, 0.25) is 0 Å². The summed E-state index contributed by atoms with van der Waals surface area (Å²) < 4.78 is 0. The summed E-state index contributed by atoms with van der Waals surface area (Å²) in [6, 6.07) is 1.84. The van der Waals surface area contributed by atoms with Gasteiger partial charge in [0, 0.05) is 0 Å². The van der Waals surface area contributed by atoms with Crippen LogP contribution in [0.25, 0.3) is 0 Å². The van der Waals surface area contributed by atoms with Crippen molar-refractivity contribution in [2.24, 2.45) is 11.7 Å². The number of primary amides is 1. The molecule has 0 aromatic carbocycles. The van der Waals surface area contributed by atoms with Gasteiger partial charge in [0.2, 0.25) is 0 Å². The molecule has 0 aromatic rings. The van der Waals surface area contributed by atoms with Gasteiger partial charge in [0.15, 0.2) is 0 Å². The van der Waals surface area contributed by atoms with E-state index in [1.54, 1.807) is 6.08 Å². The van der Waals surface area contributed by atoms with Gasteiger partial charge in [-0.1, -0.05) is 25.3 Å². The van der Waals surface area contributed by atoms with Crippen LogP contribution >= 0.6 is 0 Å². The van der Waals surface area contributed by atoms with E-state index < -0.39 is 5.91 Å². The van der Waals surface area contributed by atoms with Gasteiger partial charge in [-0.05, 0) is 18.8 Å². The predicted molar refractivity (Wildman–Crippen MR) is 49.5 cm³/mol. The number of carbonyl (C=O) groups is 1. The maximum absolute atomic E-state index is 10.7. The van der Waals surface area contributed by atoms with E-state index in [9.17, 15) is 4.79 Å². The van der Waals surface area contributed by atoms with E-state index in [-0.39, 0.29) is 5.57 Å². The number of amides is 1. The van der Waals surface area contributed by atoms with Crippen LogP contribution in [0.4, 0.5) is 0 Å². The maximum atomic E-state index is 10.7. The molecular weight excluding hydrogens is 164 g/mol. The van der Waals surface area contributed by atoms with Gasteiger partial charge in [-0.2, -0.15) is 5.26 Å². The van der Waals surface area contributed by atoms with Crippen LogP contribution in [0.5, 0.6) is 0 Å². The van der Waals surface area contributed by atoms with Crippen LogP contribution < -0.4 is 5.73 Å². The fourth-order valence-electron chi connectivity index (χ4n) is 1.71. The summed E-state index contributed by atoms with van der Waals surface area (Å²) in [5, 5.41) is 8.61. The monoisotopic (exact) mass is 178 g/mol. The third-order valence-electron chi connectivity index (χ3n) is 2.44. The van der Waals surface area contributed by atoms with Crippen molar-refractivity contribution in [3.05, 3.63) is 11.6 Å². The number of hydrogen-bond donors (Lipinski definition) is 1. The van der Waals surface area contributed by atoms with Crippen molar-refractivity contribution < 1.29 is 4.79 Å². The molecule has 1 saturated carbocycles. The lowest BCUT2D eigenvalue weighted by Crippen LogP contribution is -2.14. The first kappa shape index (κ1) is 9.79. The Morgan fingerprint density at radius 1 is 1.38 bits per heavy atom. The topological polar surface area (TPSA) is 66.9 Å². The molecule has 0 atom stereocenters. The molecule has 2 N–H and O–H groups in total. The van der Waals surface area contributed by atoms with Crippen LogP contribution in [-0.2, 0) is 4.79 Å². The zero-order chi connectivity index (χ0) is 9.68. The predicted octanol–water partition coefficient (Wildman–Crippen LogP) is 1.50. The fourth-order valence-corrected chi connectivity index (χ4v) is 1.71. The molecule has 13 heavy (non-hydrogen) atoms. The Balaban J connectivity index is 2.61. The Hall–Kier alpha value is -1.30. The number of carbonyl (C=O) groups excluding carboxylic acids is 1. The van der Waals surface area contributed by atoms with Crippen molar-refractivity contribution in [1.82, 2.24) is 0 Å². The molecule has 70 valence electrons. The smallest absolute Gasteiger partial charge is 0.259 e. The molecule has 0 aliphatic heterocycles. The first-order chi connectivity index (χ1) is 6.24. The second kappa shape index (κ2) is 4.66. The molecule has 3 heteroatoms. The molecule has 0 unspecified atom stereocenters. The standard InChI is InChI=1S/C10H14N2O/c11-7-9(10(12)13)6-8-4-2-1-3-5-8/h6,8H,1-5H2,(H2,12,13). The molecule has 0 aromatic heterocycles. The number of nitrogens with two attached hydrogens (primary N) is 1. The minimum Gasteiger partial charge on any atom is -0.365 e. The van der Waals surface area contributed by atoms with Gasteiger partial charge in [0.1, 0.15) is 11.6 Å². The van der Waals surface area contributed by atoms with Gasteiger partial charge in [-0.3, -0.25) is 4.79 Å². The van der Waals surface area contributed by atoms with Crippen LogP contribution in [0, 0.1) is 17.2 Å². The summed E-state index contributed by atoms with van der Waals surface area (Å²) in [4.78, 5) is 10.7. The van der Waals surface area contributed by atoms with Crippen molar-refractivity contribution >= 4 is 5.91 Å². The molecule has 0 saturated heterocycles. The highest BCUT2D eigenvalue weighted by atomic mass is 16.1. The fraction of sp³-hybridized carbons (Fsp3) is 0.600. The highest BCUT2D eigenvalue weighted by Crippen LogP contribution is 2.25. The van der Waals surface area contributed by atoms with E-state index in [0.717, 1.165) is 12.8 Å². The first-order valence-corrected chi connectivity index (χ1v) is 4.65. The summed E-state index contributed by atoms with van der Waals surface area (Å²) in [6.07, 6.45) is 7.55. The lowest BCUT2D eigenvalue weighted by atomic mass is 9.88. The van der Waals surface area contributed by atoms with E-state index in [1.807, 2.05) is 6.07 Å². The molecule has 1 aliphatic carbocycles. The molecule has 1 amide bonds. The van der Waals surface area contributed by atoms with Gasteiger partial charge < -0.3 is 5.73 Å².